The zero-order chi connectivity index (χ0) is 11.2. The Labute approximate surface area is 112 Å². The van der Waals surface area contributed by atoms with Crippen LogP contribution in [0.3, 0.4) is 0 Å². The molecule has 0 fully saturated rings. The Balaban J connectivity index is 0.00000144. The van der Waals surface area contributed by atoms with Crippen molar-refractivity contribution in [3.8, 4) is 0 Å². The van der Waals surface area contributed by atoms with E-state index in [1.54, 1.807) is 6.08 Å². The fraction of sp³-hybridized carbons (Fsp3) is 0. The first-order chi connectivity index (χ1) is 7.86. The summed E-state index contributed by atoms with van der Waals surface area (Å²) in [5.41, 5.74) is 1.75. The number of hydrogen-bond acceptors (Lipinski definition) is 1. The average Bonchev–Trinajstić information content (AvgIpc) is 2.38. The molecule has 2 aromatic carbocycles. The summed E-state index contributed by atoms with van der Waals surface area (Å²) in [5, 5.41) is 0. The van der Waals surface area contributed by atoms with Crippen molar-refractivity contribution in [1.29, 1.82) is 0 Å². The molecule has 0 radical (unpaired) electrons. The molecule has 0 aliphatic heterocycles. The highest BCUT2D eigenvalue weighted by molar-refractivity contribution is 8.93. The molecule has 2 aromatic rings. The topological polar surface area (TPSA) is 17.1 Å². The molecule has 0 saturated heterocycles. The zero-order valence-electron chi connectivity index (χ0n) is 9.24. The van der Waals surface area contributed by atoms with Gasteiger partial charge in [-0.25, -0.2) is 0 Å². The average molecular weight is 289 g/mol. The van der Waals surface area contributed by atoms with Crippen molar-refractivity contribution in [2.75, 3.05) is 0 Å². The maximum absolute atomic E-state index is 11.7. The summed E-state index contributed by atoms with van der Waals surface area (Å²) in [6.07, 6.45) is 3.43. The van der Waals surface area contributed by atoms with Crippen LogP contribution < -0.4 is 0 Å². The molecule has 0 amide bonds. The molecule has 0 aromatic heterocycles. The van der Waals surface area contributed by atoms with E-state index >= 15 is 0 Å². The number of hydrogen-bond donors (Lipinski definition) is 0. The van der Waals surface area contributed by atoms with Crippen LogP contribution in [0.25, 0.3) is 6.08 Å². The summed E-state index contributed by atoms with van der Waals surface area (Å²) in [7, 11) is 0. The highest BCUT2D eigenvalue weighted by Crippen LogP contribution is 2.05. The molecule has 0 saturated carbocycles. The van der Waals surface area contributed by atoms with Crippen LogP contribution in [0.1, 0.15) is 15.9 Å². The van der Waals surface area contributed by atoms with E-state index in [4.69, 9.17) is 0 Å². The van der Waals surface area contributed by atoms with Crippen LogP contribution in [0.15, 0.2) is 66.7 Å². The highest BCUT2D eigenvalue weighted by Gasteiger charge is 1.98. The molecule has 0 spiro atoms. The van der Waals surface area contributed by atoms with Crippen LogP contribution in [0, 0.1) is 0 Å². The lowest BCUT2D eigenvalue weighted by atomic mass is 10.1. The minimum atomic E-state index is 0. The number of rotatable bonds is 3. The summed E-state index contributed by atoms with van der Waals surface area (Å²) < 4.78 is 0. The maximum Gasteiger partial charge on any atom is 0.185 e. The first kappa shape index (κ1) is 13.4. The summed E-state index contributed by atoms with van der Waals surface area (Å²) in [6, 6.07) is 19.1. The number of halogens is 1. The van der Waals surface area contributed by atoms with Gasteiger partial charge in [-0.1, -0.05) is 66.7 Å². The third-order valence-electron chi connectivity index (χ3n) is 2.29. The molecule has 2 rings (SSSR count). The molecule has 1 nitrogen and oxygen atoms in total. The fourth-order valence-electron chi connectivity index (χ4n) is 1.43. The molecule has 0 heterocycles. The van der Waals surface area contributed by atoms with E-state index in [0.717, 1.165) is 11.1 Å². The Hall–Kier alpha value is -1.67. The minimum Gasteiger partial charge on any atom is -0.289 e. The summed E-state index contributed by atoms with van der Waals surface area (Å²) in [6.45, 7) is 0. The van der Waals surface area contributed by atoms with Crippen LogP contribution in [-0.2, 0) is 0 Å². The van der Waals surface area contributed by atoms with Gasteiger partial charge in [-0.15, -0.1) is 17.0 Å². The van der Waals surface area contributed by atoms with E-state index in [9.17, 15) is 4.79 Å². The number of ketones is 1. The summed E-state index contributed by atoms with van der Waals surface area (Å²) >= 11 is 0. The SMILES string of the molecule is Br.O=C(C=Cc1ccccc1)c1ccccc1. The van der Waals surface area contributed by atoms with Crippen LogP contribution >= 0.6 is 17.0 Å². The lowest BCUT2D eigenvalue weighted by molar-refractivity contribution is 0.104. The van der Waals surface area contributed by atoms with Gasteiger partial charge in [-0.05, 0) is 11.6 Å². The van der Waals surface area contributed by atoms with Crippen molar-refractivity contribution < 1.29 is 4.79 Å². The van der Waals surface area contributed by atoms with E-state index in [2.05, 4.69) is 0 Å². The van der Waals surface area contributed by atoms with Gasteiger partial charge in [0.25, 0.3) is 0 Å². The van der Waals surface area contributed by atoms with Crippen LogP contribution in [-0.4, -0.2) is 5.78 Å². The number of benzene rings is 2. The lowest BCUT2D eigenvalue weighted by Crippen LogP contribution is -1.92. The largest absolute Gasteiger partial charge is 0.289 e. The predicted molar refractivity (Wildman–Crippen MR) is 76.6 cm³/mol. The summed E-state index contributed by atoms with van der Waals surface area (Å²) in [4.78, 5) is 11.7. The molecular formula is C15H13BrO. The van der Waals surface area contributed by atoms with Crippen molar-refractivity contribution in [1.82, 2.24) is 0 Å². The second-order valence-electron chi connectivity index (χ2n) is 3.47. The van der Waals surface area contributed by atoms with E-state index < -0.39 is 0 Å². The minimum absolute atomic E-state index is 0. The van der Waals surface area contributed by atoms with E-state index in [0.29, 0.717) is 0 Å². The Kier molecular flexibility index (Phi) is 5.37. The third-order valence-corrected chi connectivity index (χ3v) is 2.29. The predicted octanol–water partition coefficient (Wildman–Crippen LogP) is 4.16. The van der Waals surface area contributed by atoms with Gasteiger partial charge >= 0.3 is 0 Å². The van der Waals surface area contributed by atoms with E-state index in [-0.39, 0.29) is 22.8 Å². The first-order valence-electron chi connectivity index (χ1n) is 5.19. The fourth-order valence-corrected chi connectivity index (χ4v) is 1.43. The van der Waals surface area contributed by atoms with Crippen LogP contribution in [0.5, 0.6) is 0 Å². The van der Waals surface area contributed by atoms with Gasteiger partial charge in [0, 0.05) is 5.56 Å². The quantitative estimate of drug-likeness (QED) is 0.612. The highest BCUT2D eigenvalue weighted by atomic mass is 79.9. The zero-order valence-corrected chi connectivity index (χ0v) is 11.0. The molecular weight excluding hydrogens is 276 g/mol. The molecule has 0 bridgehead atoms. The standard InChI is InChI=1S/C15H12O.BrH/c16-15(14-9-5-2-6-10-14)12-11-13-7-3-1-4-8-13;/h1-12H;1H. The number of carbonyl (C=O) groups excluding carboxylic acids is 1. The van der Waals surface area contributed by atoms with Crippen LogP contribution in [0.2, 0.25) is 0 Å². The molecule has 0 unspecified atom stereocenters. The van der Waals surface area contributed by atoms with Gasteiger partial charge in [-0.3, -0.25) is 4.79 Å². The smallest absolute Gasteiger partial charge is 0.185 e. The molecule has 0 aliphatic rings. The van der Waals surface area contributed by atoms with E-state index in [1.165, 1.54) is 0 Å². The van der Waals surface area contributed by atoms with Crippen molar-refractivity contribution in [2.24, 2.45) is 0 Å². The van der Waals surface area contributed by atoms with Gasteiger partial charge in [0.2, 0.25) is 0 Å². The summed E-state index contributed by atoms with van der Waals surface area (Å²) in [5.74, 6) is 0.0319. The molecule has 86 valence electrons. The van der Waals surface area contributed by atoms with Gasteiger partial charge < -0.3 is 0 Å². The van der Waals surface area contributed by atoms with Gasteiger partial charge in [0.15, 0.2) is 5.78 Å². The molecule has 17 heavy (non-hydrogen) atoms. The van der Waals surface area contributed by atoms with Crippen molar-refractivity contribution in [2.45, 2.75) is 0 Å². The molecule has 2 heteroatoms. The number of carbonyl (C=O) groups is 1. The molecule has 0 aliphatic carbocycles. The van der Waals surface area contributed by atoms with Gasteiger partial charge in [-0.2, -0.15) is 0 Å². The first-order valence-corrected chi connectivity index (χ1v) is 5.19. The van der Waals surface area contributed by atoms with Crippen molar-refractivity contribution in [3.63, 3.8) is 0 Å². The van der Waals surface area contributed by atoms with Crippen LogP contribution in [0.4, 0.5) is 0 Å². The van der Waals surface area contributed by atoms with Crippen molar-refractivity contribution >= 4 is 28.8 Å². The van der Waals surface area contributed by atoms with E-state index in [1.807, 2.05) is 66.7 Å². The lowest BCUT2D eigenvalue weighted by Gasteiger charge is -1.94. The second kappa shape index (κ2) is 6.81. The van der Waals surface area contributed by atoms with Gasteiger partial charge in [0.05, 0.1) is 0 Å². The number of allylic oxidation sites excluding steroid dienone is 1. The molecule has 0 atom stereocenters. The van der Waals surface area contributed by atoms with Gasteiger partial charge in [0.1, 0.15) is 0 Å². The molecule has 0 N–H and O–H groups in total. The Bertz CT molecular complexity index is 489. The Morgan fingerprint density at radius 2 is 1.35 bits per heavy atom. The van der Waals surface area contributed by atoms with Crippen molar-refractivity contribution in [3.05, 3.63) is 77.9 Å². The Morgan fingerprint density at radius 3 is 1.94 bits per heavy atom. The second-order valence-corrected chi connectivity index (χ2v) is 3.47. The monoisotopic (exact) mass is 288 g/mol. The Morgan fingerprint density at radius 1 is 0.824 bits per heavy atom. The normalized spacial score (nSPS) is 9.88. The maximum atomic E-state index is 11.7. The third kappa shape index (κ3) is 4.00.